The van der Waals surface area contributed by atoms with Crippen LogP contribution in [0.2, 0.25) is 0 Å². The Morgan fingerprint density at radius 3 is 1.59 bits per heavy atom. The minimum absolute atomic E-state index is 0.133. The molecule has 2 unspecified atom stereocenters. The summed E-state index contributed by atoms with van der Waals surface area (Å²) >= 11 is 0. The predicted octanol–water partition coefficient (Wildman–Crippen LogP) is 4.97. The molecule has 0 fully saturated rings. The smallest absolute Gasteiger partial charge is 0.349 e. The summed E-state index contributed by atoms with van der Waals surface area (Å²) in [5.41, 5.74) is 3.31. The lowest BCUT2D eigenvalue weighted by Crippen LogP contribution is -2.20. The number of nitriles is 2. The number of amides is 2. The predicted molar refractivity (Wildman–Crippen MR) is 208 cm³/mol. The van der Waals surface area contributed by atoms with Crippen LogP contribution in [-0.4, -0.2) is 74.8 Å². The number of rotatable bonds is 15. The Morgan fingerprint density at radius 1 is 0.672 bits per heavy atom. The number of nitrogens with zero attached hydrogens (tertiary/aromatic N) is 8. The van der Waals surface area contributed by atoms with Crippen LogP contribution in [0.5, 0.6) is 0 Å². The molecule has 2 aromatic heterocycles. The van der Waals surface area contributed by atoms with E-state index in [1.807, 2.05) is 12.1 Å². The first-order valence-electron chi connectivity index (χ1n) is 17.5. The quantitative estimate of drug-likeness (QED) is 0.0611. The molecule has 0 aliphatic carbocycles. The topological polar surface area (TPSA) is 220 Å². The van der Waals surface area contributed by atoms with Gasteiger partial charge in [0.15, 0.2) is 0 Å². The molecular weight excluding hydrogens is 746 g/mol. The molecule has 2 radical (unpaired) electrons. The Kier molecular flexibility index (Phi) is 12.7. The number of hydrogen-bond donors (Lipinski definition) is 2. The van der Waals surface area contributed by atoms with Gasteiger partial charge in [0.05, 0.1) is 11.0 Å². The number of carbonyl (C=O) groups is 4. The second-order valence-corrected chi connectivity index (χ2v) is 12.4. The lowest BCUT2D eigenvalue weighted by molar-refractivity contribution is -0.141. The monoisotopic (exact) mass is 776 g/mol. The molecule has 286 valence electrons. The third-order valence-electron chi connectivity index (χ3n) is 8.34. The minimum Gasteiger partial charge on any atom is -0.460 e. The third kappa shape index (κ3) is 10.0. The Balaban J connectivity index is 0.926. The van der Waals surface area contributed by atoms with Gasteiger partial charge in [-0.15, -0.1) is 10.2 Å². The number of alkyl halides is 1. The fourth-order valence-electron chi connectivity index (χ4n) is 5.43. The zero-order chi connectivity index (χ0) is 41.0. The van der Waals surface area contributed by atoms with Gasteiger partial charge in [0.25, 0.3) is 0 Å². The number of aromatic nitrogens is 6. The number of carbonyl (C=O) groups excluding carboxylic acids is 4. The fourth-order valence-corrected chi connectivity index (χ4v) is 5.43. The second-order valence-electron chi connectivity index (χ2n) is 12.4. The second kappa shape index (κ2) is 18.6. The number of anilines is 2. The van der Waals surface area contributed by atoms with Crippen molar-refractivity contribution in [2.24, 2.45) is 0 Å². The molecule has 0 aliphatic heterocycles. The largest absolute Gasteiger partial charge is 0.460 e. The van der Waals surface area contributed by atoms with Gasteiger partial charge in [-0.2, -0.15) is 10.5 Å². The highest BCUT2D eigenvalue weighted by Crippen LogP contribution is 2.20. The Hall–Kier alpha value is -7.99. The fraction of sp³-hybridized carbons (Fsp3) is 0.150. The zero-order valence-corrected chi connectivity index (χ0v) is 30.4. The lowest BCUT2D eigenvalue weighted by atomic mass is 9.97. The van der Waals surface area contributed by atoms with Crippen LogP contribution < -0.4 is 10.6 Å². The first-order chi connectivity index (χ1) is 28.1. The van der Waals surface area contributed by atoms with Crippen LogP contribution in [0.25, 0.3) is 34.2 Å². The molecule has 0 bridgehead atoms. The van der Waals surface area contributed by atoms with Crippen molar-refractivity contribution in [2.75, 3.05) is 23.8 Å². The van der Waals surface area contributed by atoms with Gasteiger partial charge in [-0.05, 0) is 71.8 Å². The summed E-state index contributed by atoms with van der Waals surface area (Å²) in [7, 11) is 6.13. The van der Waals surface area contributed by atoms with Gasteiger partial charge < -0.3 is 20.1 Å². The van der Waals surface area contributed by atoms with Gasteiger partial charge in [-0.25, -0.2) is 23.3 Å². The van der Waals surface area contributed by atoms with Crippen LogP contribution in [0.4, 0.5) is 15.8 Å². The number of fused-ring (bicyclic) bond motifs is 2. The van der Waals surface area contributed by atoms with E-state index in [1.165, 1.54) is 16.8 Å². The standard InChI is InChI=1S/C40H30BFN10O6/c41-35(51-33-7-3-1-5-31(33)47-49-51)23-57-39(55)27(21-43)19-25-9-13-29(14-10-25)45-37(53)17-18-38(54)46-30-15-11-26(12-16-30)20-28(22-44)40(56)58-24-36(42)52-34-8-4-2-6-32(34)48-50-52/h1-16,19-20,35-36H,17-18,23-24H2,(H,45,53)(H,46,54)/b27-19+,28-20+. The van der Waals surface area contributed by atoms with Gasteiger partial charge in [0.1, 0.15) is 55.4 Å². The van der Waals surface area contributed by atoms with Gasteiger partial charge in [0, 0.05) is 30.2 Å². The number of para-hydroxylation sites is 2. The van der Waals surface area contributed by atoms with E-state index in [4.69, 9.17) is 17.3 Å². The Labute approximate surface area is 330 Å². The number of nitrogens with one attached hydrogen (secondary N) is 2. The third-order valence-corrected chi connectivity index (χ3v) is 8.34. The summed E-state index contributed by atoms with van der Waals surface area (Å²) in [5, 5.41) is 40.0. The van der Waals surface area contributed by atoms with Crippen LogP contribution in [0.1, 0.15) is 36.2 Å². The van der Waals surface area contributed by atoms with Gasteiger partial charge in [0.2, 0.25) is 18.1 Å². The van der Waals surface area contributed by atoms with E-state index >= 15 is 0 Å². The zero-order valence-electron chi connectivity index (χ0n) is 30.4. The molecule has 58 heavy (non-hydrogen) atoms. The van der Waals surface area contributed by atoms with E-state index in [2.05, 4.69) is 31.3 Å². The van der Waals surface area contributed by atoms with E-state index in [0.717, 1.165) is 4.68 Å². The van der Waals surface area contributed by atoms with E-state index in [-0.39, 0.29) is 30.6 Å². The molecule has 6 aromatic rings. The van der Waals surface area contributed by atoms with E-state index in [9.17, 15) is 34.1 Å². The summed E-state index contributed by atoms with van der Waals surface area (Å²) in [6.45, 7) is -0.941. The summed E-state index contributed by atoms with van der Waals surface area (Å²) in [5.74, 6) is -3.60. The number of hydrogen-bond acceptors (Lipinski definition) is 12. The molecule has 0 spiro atoms. The molecule has 2 heterocycles. The number of ether oxygens (including phenoxy) is 2. The minimum atomic E-state index is -1.82. The molecule has 0 aliphatic rings. The summed E-state index contributed by atoms with van der Waals surface area (Å²) in [4.78, 5) is 50.2. The van der Waals surface area contributed by atoms with Crippen LogP contribution >= 0.6 is 0 Å². The molecule has 18 heteroatoms. The van der Waals surface area contributed by atoms with Gasteiger partial charge in [-0.3, -0.25) is 9.59 Å². The highest BCUT2D eigenvalue weighted by atomic mass is 19.1. The molecule has 0 saturated carbocycles. The van der Waals surface area contributed by atoms with Crippen LogP contribution in [0.3, 0.4) is 0 Å². The maximum Gasteiger partial charge on any atom is 0.349 e. The first kappa shape index (κ1) is 39.7. The number of benzene rings is 4. The van der Waals surface area contributed by atoms with Gasteiger partial charge in [-0.1, -0.05) is 59.0 Å². The van der Waals surface area contributed by atoms with Crippen molar-refractivity contribution in [1.82, 2.24) is 30.0 Å². The van der Waals surface area contributed by atoms with Crippen LogP contribution in [0.15, 0.2) is 108 Å². The molecule has 0 saturated heterocycles. The number of halogens is 1. The highest BCUT2D eigenvalue weighted by Gasteiger charge is 2.20. The molecular formula is C40H30BFN10O6. The normalized spacial score (nSPS) is 12.5. The van der Waals surface area contributed by atoms with Gasteiger partial charge >= 0.3 is 11.9 Å². The molecule has 16 nitrogen and oxygen atoms in total. The molecule has 2 amide bonds. The maximum absolute atomic E-state index is 14.8. The van der Waals surface area contributed by atoms with Crippen molar-refractivity contribution in [3.05, 3.63) is 119 Å². The summed E-state index contributed by atoms with van der Waals surface area (Å²) in [6, 6.07) is 29.9. The molecule has 2 N–H and O–H groups in total. The van der Waals surface area contributed by atoms with Crippen molar-refractivity contribution >= 4 is 77.2 Å². The maximum atomic E-state index is 14.8. The van der Waals surface area contributed by atoms with Crippen LogP contribution in [-0.2, 0) is 28.7 Å². The highest BCUT2D eigenvalue weighted by molar-refractivity contribution is 6.11. The van der Waals surface area contributed by atoms with Crippen molar-refractivity contribution in [3.63, 3.8) is 0 Å². The molecule has 2 atom stereocenters. The number of esters is 2. The molecule has 4 aromatic carbocycles. The first-order valence-corrected chi connectivity index (χ1v) is 17.5. The molecule has 6 rings (SSSR count). The van der Waals surface area contributed by atoms with Crippen molar-refractivity contribution in [3.8, 4) is 12.1 Å². The van der Waals surface area contributed by atoms with E-state index in [1.54, 1.807) is 97.1 Å². The Bertz CT molecular complexity index is 2450. The van der Waals surface area contributed by atoms with E-state index in [0.29, 0.717) is 44.6 Å². The lowest BCUT2D eigenvalue weighted by Gasteiger charge is -2.13. The van der Waals surface area contributed by atoms with E-state index < -0.39 is 42.6 Å². The summed E-state index contributed by atoms with van der Waals surface area (Å²) < 4.78 is 27.4. The van der Waals surface area contributed by atoms with Crippen molar-refractivity contribution < 1.29 is 33.0 Å². The average molecular weight is 777 g/mol. The average Bonchev–Trinajstić information content (AvgIpc) is 3.88. The van der Waals surface area contributed by atoms with Crippen molar-refractivity contribution in [1.29, 1.82) is 10.5 Å². The SMILES string of the molecule is [B]C(COC(=O)/C(C#N)=C/c1ccc(NC(=O)CCC(=O)Nc2ccc(/C=C(\C#N)C(=O)OCC(F)n3nnc4ccccc43)cc2)cc1)n1nnc2ccccc21. The van der Waals surface area contributed by atoms with Crippen LogP contribution in [0, 0.1) is 22.7 Å². The van der Waals surface area contributed by atoms with Crippen molar-refractivity contribution in [2.45, 2.75) is 25.1 Å². The Morgan fingerprint density at radius 2 is 1.10 bits per heavy atom. The summed E-state index contributed by atoms with van der Waals surface area (Å²) in [6.07, 6.45) is 0.504.